The molecule has 5 nitrogen and oxygen atoms in total. The van der Waals surface area contributed by atoms with E-state index < -0.39 is 0 Å². The van der Waals surface area contributed by atoms with Gasteiger partial charge in [-0.3, -0.25) is 0 Å². The Morgan fingerprint density at radius 2 is 2.17 bits per heavy atom. The third-order valence-corrected chi connectivity index (χ3v) is 4.49. The molecule has 1 aromatic carbocycles. The summed E-state index contributed by atoms with van der Waals surface area (Å²) in [5.41, 5.74) is 7.24. The lowest BCUT2D eigenvalue weighted by molar-refractivity contribution is 0.412. The average Bonchev–Trinajstić information content (AvgIpc) is 3.00. The Balaban J connectivity index is 1.64. The number of aromatic nitrogens is 2. The van der Waals surface area contributed by atoms with Crippen molar-refractivity contribution in [2.24, 2.45) is 10.7 Å². The summed E-state index contributed by atoms with van der Waals surface area (Å²) in [6, 6.07) is 5.55. The smallest absolute Gasteiger partial charge is 0.189 e. The van der Waals surface area contributed by atoms with Crippen LogP contribution in [-0.2, 0) is 6.54 Å². The van der Waals surface area contributed by atoms with Gasteiger partial charge in [-0.25, -0.2) is 14.4 Å². The van der Waals surface area contributed by atoms with Gasteiger partial charge in [0.25, 0.3) is 0 Å². The molecule has 0 radical (unpaired) electrons. The number of benzene rings is 1. The minimum absolute atomic E-state index is 0.289. The molecule has 6 heteroatoms. The molecule has 0 bridgehead atoms. The topological polar surface area (TPSA) is 68.2 Å². The number of nitrogens with one attached hydrogen (secondary N) is 1. The lowest BCUT2D eigenvalue weighted by Crippen LogP contribution is -2.41. The highest BCUT2D eigenvalue weighted by atomic mass is 19.1. The Hall–Kier alpha value is -2.37. The van der Waals surface area contributed by atoms with Gasteiger partial charge in [-0.2, -0.15) is 0 Å². The molecule has 0 spiro atoms. The molecule has 1 aromatic heterocycles. The van der Waals surface area contributed by atoms with Crippen LogP contribution in [0.1, 0.15) is 43.5 Å². The van der Waals surface area contributed by atoms with Crippen LogP contribution in [0, 0.1) is 12.7 Å². The maximum atomic E-state index is 14.3. The number of hydrogen-bond donors (Lipinski definition) is 2. The van der Waals surface area contributed by atoms with Crippen LogP contribution in [0.5, 0.6) is 0 Å². The Morgan fingerprint density at radius 1 is 1.38 bits per heavy atom. The van der Waals surface area contributed by atoms with Crippen molar-refractivity contribution >= 4 is 5.96 Å². The predicted molar refractivity (Wildman–Crippen MR) is 93.6 cm³/mol. The van der Waals surface area contributed by atoms with E-state index in [1.807, 2.05) is 13.0 Å². The second kappa shape index (κ2) is 7.47. The molecule has 3 N–H and O–H groups in total. The summed E-state index contributed by atoms with van der Waals surface area (Å²) in [6.07, 6.45) is 9.48. The van der Waals surface area contributed by atoms with Crippen LogP contribution < -0.4 is 11.1 Å². The maximum absolute atomic E-state index is 14.3. The van der Waals surface area contributed by atoms with Gasteiger partial charge in [0.05, 0.1) is 12.2 Å². The van der Waals surface area contributed by atoms with Gasteiger partial charge in [-0.15, -0.1) is 0 Å². The van der Waals surface area contributed by atoms with Crippen LogP contribution in [0.25, 0.3) is 5.69 Å². The molecule has 1 saturated carbocycles. The zero-order valence-electron chi connectivity index (χ0n) is 14.0. The van der Waals surface area contributed by atoms with Gasteiger partial charge in [0.15, 0.2) is 5.96 Å². The second-order valence-electron chi connectivity index (χ2n) is 6.31. The van der Waals surface area contributed by atoms with Crippen LogP contribution in [0.3, 0.4) is 0 Å². The zero-order chi connectivity index (χ0) is 16.9. The van der Waals surface area contributed by atoms with E-state index in [0.29, 0.717) is 24.2 Å². The fraction of sp³-hybridized carbons (Fsp3) is 0.444. The van der Waals surface area contributed by atoms with Crippen molar-refractivity contribution in [3.05, 3.63) is 47.8 Å². The number of aliphatic imine (C=N–C) groups is 1. The van der Waals surface area contributed by atoms with Gasteiger partial charge in [0, 0.05) is 18.4 Å². The summed E-state index contributed by atoms with van der Waals surface area (Å²) in [5, 5.41) is 3.27. The molecule has 0 atom stereocenters. The molecule has 0 unspecified atom stereocenters. The third-order valence-electron chi connectivity index (χ3n) is 4.49. The second-order valence-corrected chi connectivity index (χ2v) is 6.31. The van der Waals surface area contributed by atoms with E-state index in [4.69, 9.17) is 5.73 Å². The van der Waals surface area contributed by atoms with E-state index in [9.17, 15) is 4.39 Å². The number of hydrogen-bond acceptors (Lipinski definition) is 2. The lowest BCUT2D eigenvalue weighted by atomic mass is 9.96. The number of aryl methyl sites for hydroxylation is 1. The molecule has 0 saturated heterocycles. The van der Waals surface area contributed by atoms with Crippen molar-refractivity contribution in [3.63, 3.8) is 0 Å². The monoisotopic (exact) mass is 329 g/mol. The number of nitrogens with two attached hydrogens (primary N) is 1. The van der Waals surface area contributed by atoms with E-state index in [0.717, 1.165) is 24.2 Å². The Bertz CT molecular complexity index is 716. The molecule has 1 fully saturated rings. The van der Waals surface area contributed by atoms with Crippen molar-refractivity contribution in [1.82, 2.24) is 14.9 Å². The first-order valence-electron chi connectivity index (χ1n) is 8.48. The summed E-state index contributed by atoms with van der Waals surface area (Å²) in [6.45, 7) is 2.21. The first kappa shape index (κ1) is 16.5. The fourth-order valence-corrected chi connectivity index (χ4v) is 3.15. The van der Waals surface area contributed by atoms with Crippen molar-refractivity contribution in [1.29, 1.82) is 0 Å². The summed E-state index contributed by atoms with van der Waals surface area (Å²) in [5.74, 6) is 0.903. The zero-order valence-corrected chi connectivity index (χ0v) is 14.0. The number of rotatable bonds is 4. The van der Waals surface area contributed by atoms with Crippen LogP contribution in [0.4, 0.5) is 4.39 Å². The van der Waals surface area contributed by atoms with E-state index in [2.05, 4.69) is 15.3 Å². The molecule has 3 rings (SSSR count). The maximum Gasteiger partial charge on any atom is 0.189 e. The molecule has 128 valence electrons. The van der Waals surface area contributed by atoms with E-state index in [-0.39, 0.29) is 5.82 Å². The third kappa shape index (κ3) is 3.93. The molecular weight excluding hydrogens is 305 g/mol. The average molecular weight is 329 g/mol. The SMILES string of the molecule is Cc1nccn1-c1ccc(CN=C(N)NC2CCCCC2)cc1F. The summed E-state index contributed by atoms with van der Waals surface area (Å²) in [4.78, 5) is 8.46. The Kier molecular flexibility index (Phi) is 5.13. The van der Waals surface area contributed by atoms with Crippen molar-refractivity contribution in [2.75, 3.05) is 0 Å². The molecule has 24 heavy (non-hydrogen) atoms. The van der Waals surface area contributed by atoms with E-state index >= 15 is 0 Å². The van der Waals surface area contributed by atoms with Gasteiger partial charge in [-0.05, 0) is 37.5 Å². The highest BCUT2D eigenvalue weighted by Crippen LogP contribution is 2.18. The predicted octanol–water partition coefficient (Wildman–Crippen LogP) is 3.06. The minimum Gasteiger partial charge on any atom is -0.370 e. The Morgan fingerprint density at radius 3 is 2.83 bits per heavy atom. The number of guanidine groups is 1. The van der Waals surface area contributed by atoms with Crippen LogP contribution in [0.15, 0.2) is 35.6 Å². The highest BCUT2D eigenvalue weighted by molar-refractivity contribution is 5.78. The first-order chi connectivity index (χ1) is 11.6. The summed E-state index contributed by atoms with van der Waals surface area (Å²) in [7, 11) is 0. The molecule has 1 aliphatic carbocycles. The van der Waals surface area contributed by atoms with E-state index in [1.54, 1.807) is 23.0 Å². The van der Waals surface area contributed by atoms with Crippen LogP contribution in [0.2, 0.25) is 0 Å². The highest BCUT2D eigenvalue weighted by Gasteiger charge is 2.13. The van der Waals surface area contributed by atoms with Crippen LogP contribution >= 0.6 is 0 Å². The first-order valence-corrected chi connectivity index (χ1v) is 8.48. The molecular formula is C18H24FN5. The normalized spacial score (nSPS) is 16.3. The van der Waals surface area contributed by atoms with Crippen molar-refractivity contribution < 1.29 is 4.39 Å². The van der Waals surface area contributed by atoms with Gasteiger partial charge in [-0.1, -0.05) is 25.3 Å². The standard InChI is InChI=1S/C18H24FN5/c1-13-21-9-10-24(13)17-8-7-14(11-16(17)19)12-22-18(20)23-15-5-3-2-4-6-15/h7-11,15H,2-6,12H2,1H3,(H3,20,22,23). The van der Waals surface area contributed by atoms with Crippen molar-refractivity contribution in [2.45, 2.75) is 51.6 Å². The number of halogens is 1. The van der Waals surface area contributed by atoms with Crippen molar-refractivity contribution in [3.8, 4) is 5.69 Å². The Labute approximate surface area is 141 Å². The molecule has 2 aromatic rings. The van der Waals surface area contributed by atoms with Gasteiger partial charge in [0.1, 0.15) is 11.6 Å². The van der Waals surface area contributed by atoms with Gasteiger partial charge >= 0.3 is 0 Å². The summed E-state index contributed by atoms with van der Waals surface area (Å²) >= 11 is 0. The lowest BCUT2D eigenvalue weighted by Gasteiger charge is -2.23. The molecule has 0 aliphatic heterocycles. The molecule has 0 amide bonds. The number of imidazole rings is 1. The van der Waals surface area contributed by atoms with E-state index in [1.165, 1.54) is 25.3 Å². The molecule has 1 aliphatic rings. The van der Waals surface area contributed by atoms with Gasteiger partial charge < -0.3 is 15.6 Å². The van der Waals surface area contributed by atoms with Crippen LogP contribution in [-0.4, -0.2) is 21.6 Å². The van der Waals surface area contributed by atoms with Gasteiger partial charge in [0.2, 0.25) is 0 Å². The fourth-order valence-electron chi connectivity index (χ4n) is 3.15. The largest absolute Gasteiger partial charge is 0.370 e. The number of nitrogens with zero attached hydrogens (tertiary/aromatic N) is 3. The molecule has 1 heterocycles. The minimum atomic E-state index is -0.289. The summed E-state index contributed by atoms with van der Waals surface area (Å²) < 4.78 is 16.1. The quantitative estimate of drug-likeness (QED) is 0.669.